The van der Waals surface area contributed by atoms with Gasteiger partial charge in [-0.1, -0.05) is 17.7 Å². The monoisotopic (exact) mass is 366 g/mol. The first kappa shape index (κ1) is 18.6. The van der Waals surface area contributed by atoms with Crippen molar-refractivity contribution in [2.45, 2.75) is 20.3 Å². The Hall–Kier alpha value is -3.15. The molecule has 6 heteroatoms. The van der Waals surface area contributed by atoms with Crippen LogP contribution in [0.15, 0.2) is 48.5 Å². The molecule has 2 aromatic carbocycles. The number of hydrogen-bond donors (Lipinski definition) is 2. The van der Waals surface area contributed by atoms with E-state index in [1.165, 1.54) is 0 Å². The zero-order valence-electron chi connectivity index (χ0n) is 15.3. The van der Waals surface area contributed by atoms with Crippen LogP contribution in [0.3, 0.4) is 0 Å². The average molecular weight is 366 g/mol. The highest BCUT2D eigenvalue weighted by Crippen LogP contribution is 2.40. The Morgan fingerprint density at radius 3 is 1.85 bits per heavy atom. The number of esters is 1. The highest BCUT2D eigenvalue weighted by atomic mass is 16.5. The molecule has 1 fully saturated rings. The molecular weight excluding hydrogens is 344 g/mol. The summed E-state index contributed by atoms with van der Waals surface area (Å²) in [5, 5.41) is 5.63. The minimum Gasteiger partial charge on any atom is -0.462 e. The maximum atomic E-state index is 12.3. The van der Waals surface area contributed by atoms with E-state index in [2.05, 4.69) is 10.6 Å². The van der Waals surface area contributed by atoms with E-state index >= 15 is 0 Å². The fraction of sp³-hybridized carbons (Fsp3) is 0.286. The topological polar surface area (TPSA) is 84.5 Å². The number of ether oxygens (including phenoxy) is 1. The number of hydrogen-bond acceptors (Lipinski definition) is 4. The summed E-state index contributed by atoms with van der Waals surface area (Å²) >= 11 is 0. The van der Waals surface area contributed by atoms with Crippen molar-refractivity contribution in [2.75, 3.05) is 17.2 Å². The van der Waals surface area contributed by atoms with Crippen molar-refractivity contribution in [3.05, 3.63) is 59.7 Å². The molecule has 0 heterocycles. The maximum Gasteiger partial charge on any atom is 0.338 e. The van der Waals surface area contributed by atoms with Gasteiger partial charge in [0.25, 0.3) is 0 Å². The van der Waals surface area contributed by atoms with Crippen molar-refractivity contribution in [3.8, 4) is 0 Å². The van der Waals surface area contributed by atoms with Gasteiger partial charge in [-0.05, 0) is 56.7 Å². The number of aryl methyl sites for hydroxylation is 1. The second-order valence-corrected chi connectivity index (χ2v) is 6.59. The number of benzene rings is 2. The molecule has 2 unspecified atom stereocenters. The zero-order chi connectivity index (χ0) is 19.4. The molecule has 0 spiro atoms. The molecule has 2 N–H and O–H groups in total. The Kier molecular flexibility index (Phi) is 5.54. The Bertz CT molecular complexity index is 843. The molecule has 2 atom stereocenters. The molecule has 0 aromatic heterocycles. The summed E-state index contributed by atoms with van der Waals surface area (Å²) in [6.07, 6.45) is 0.532. The van der Waals surface area contributed by atoms with E-state index in [9.17, 15) is 14.4 Å². The minimum atomic E-state index is -0.398. The lowest BCUT2D eigenvalue weighted by Gasteiger charge is -2.07. The van der Waals surface area contributed by atoms with E-state index < -0.39 is 5.97 Å². The molecule has 1 saturated carbocycles. The number of carbonyl (C=O) groups is 3. The summed E-state index contributed by atoms with van der Waals surface area (Å²) in [5.74, 6) is -1.38. The van der Waals surface area contributed by atoms with Gasteiger partial charge in [0.05, 0.1) is 24.0 Å². The molecule has 2 amide bonds. The number of amides is 2. The van der Waals surface area contributed by atoms with Crippen molar-refractivity contribution >= 4 is 29.2 Å². The van der Waals surface area contributed by atoms with Crippen molar-refractivity contribution < 1.29 is 19.1 Å². The van der Waals surface area contributed by atoms with Gasteiger partial charge in [-0.15, -0.1) is 0 Å². The SMILES string of the molecule is CCOC(=O)c1ccc(NC(=O)C2CC2C(=O)Nc2ccc(C)cc2)cc1. The van der Waals surface area contributed by atoms with Gasteiger partial charge in [-0.2, -0.15) is 0 Å². The molecule has 0 saturated heterocycles. The fourth-order valence-corrected chi connectivity index (χ4v) is 2.79. The molecule has 140 valence electrons. The summed E-state index contributed by atoms with van der Waals surface area (Å²) in [7, 11) is 0. The van der Waals surface area contributed by atoms with Crippen molar-refractivity contribution in [3.63, 3.8) is 0 Å². The molecule has 1 aliphatic carbocycles. The van der Waals surface area contributed by atoms with Crippen LogP contribution in [0.25, 0.3) is 0 Å². The van der Waals surface area contributed by atoms with Crippen LogP contribution in [-0.4, -0.2) is 24.4 Å². The Morgan fingerprint density at radius 2 is 1.37 bits per heavy atom. The molecule has 1 aliphatic rings. The second-order valence-electron chi connectivity index (χ2n) is 6.59. The largest absolute Gasteiger partial charge is 0.462 e. The van der Waals surface area contributed by atoms with Gasteiger partial charge < -0.3 is 15.4 Å². The normalized spacial score (nSPS) is 17.7. The standard InChI is InChI=1S/C21H22N2O4/c1-3-27-21(26)14-6-10-16(11-7-14)23-20(25)18-12-17(18)19(24)22-15-8-4-13(2)5-9-15/h4-11,17-18H,3,12H2,1-2H3,(H,22,24)(H,23,25). The highest BCUT2D eigenvalue weighted by Gasteiger charge is 2.48. The highest BCUT2D eigenvalue weighted by molar-refractivity contribution is 6.03. The van der Waals surface area contributed by atoms with E-state index in [1.54, 1.807) is 31.2 Å². The quantitative estimate of drug-likeness (QED) is 0.768. The molecule has 0 bridgehead atoms. The van der Waals surface area contributed by atoms with E-state index in [4.69, 9.17) is 4.74 Å². The molecule has 0 radical (unpaired) electrons. The summed E-state index contributed by atoms with van der Waals surface area (Å²) < 4.78 is 4.92. The summed E-state index contributed by atoms with van der Waals surface area (Å²) in [5.41, 5.74) is 2.85. The van der Waals surface area contributed by atoms with Gasteiger partial charge in [0.1, 0.15) is 0 Å². The van der Waals surface area contributed by atoms with Gasteiger partial charge in [0, 0.05) is 11.4 Å². The minimum absolute atomic E-state index is 0.142. The lowest BCUT2D eigenvalue weighted by molar-refractivity contribution is -0.122. The Balaban J connectivity index is 1.51. The van der Waals surface area contributed by atoms with Crippen LogP contribution in [-0.2, 0) is 14.3 Å². The first-order valence-corrected chi connectivity index (χ1v) is 8.93. The van der Waals surface area contributed by atoms with E-state index in [0.717, 1.165) is 11.3 Å². The smallest absolute Gasteiger partial charge is 0.338 e. The summed E-state index contributed by atoms with van der Waals surface area (Å²) in [6.45, 7) is 4.03. The van der Waals surface area contributed by atoms with E-state index in [1.807, 2.05) is 31.2 Å². The molecular formula is C21H22N2O4. The number of carbonyl (C=O) groups excluding carboxylic acids is 3. The Morgan fingerprint density at radius 1 is 0.889 bits per heavy atom. The third-order valence-corrected chi connectivity index (χ3v) is 4.45. The second kappa shape index (κ2) is 8.03. The lowest BCUT2D eigenvalue weighted by atomic mass is 10.2. The Labute approximate surface area is 157 Å². The van der Waals surface area contributed by atoms with E-state index in [-0.39, 0.29) is 23.7 Å². The van der Waals surface area contributed by atoms with E-state index in [0.29, 0.717) is 24.3 Å². The third-order valence-electron chi connectivity index (χ3n) is 4.45. The van der Waals surface area contributed by atoms with Crippen LogP contribution in [0.1, 0.15) is 29.3 Å². The third kappa shape index (κ3) is 4.73. The van der Waals surface area contributed by atoms with Gasteiger partial charge in [0.15, 0.2) is 0 Å². The van der Waals surface area contributed by atoms with Gasteiger partial charge in [-0.25, -0.2) is 4.79 Å². The van der Waals surface area contributed by atoms with Crippen LogP contribution in [0.2, 0.25) is 0 Å². The molecule has 0 aliphatic heterocycles. The zero-order valence-corrected chi connectivity index (χ0v) is 15.3. The van der Waals surface area contributed by atoms with Gasteiger partial charge in [0.2, 0.25) is 11.8 Å². The number of anilines is 2. The molecule has 27 heavy (non-hydrogen) atoms. The average Bonchev–Trinajstić information content (AvgIpc) is 3.45. The lowest BCUT2D eigenvalue weighted by Crippen LogP contribution is -2.20. The molecule has 2 aromatic rings. The number of nitrogens with one attached hydrogen (secondary N) is 2. The first-order valence-electron chi connectivity index (χ1n) is 8.93. The van der Waals surface area contributed by atoms with Crippen LogP contribution in [0.4, 0.5) is 11.4 Å². The van der Waals surface area contributed by atoms with Crippen LogP contribution in [0, 0.1) is 18.8 Å². The fourth-order valence-electron chi connectivity index (χ4n) is 2.79. The van der Waals surface area contributed by atoms with Crippen molar-refractivity contribution in [1.29, 1.82) is 0 Å². The van der Waals surface area contributed by atoms with Crippen molar-refractivity contribution in [2.24, 2.45) is 11.8 Å². The molecule has 3 rings (SSSR count). The molecule has 6 nitrogen and oxygen atoms in total. The maximum absolute atomic E-state index is 12.3. The first-order chi connectivity index (χ1) is 13.0. The predicted octanol–water partition coefficient (Wildman–Crippen LogP) is 3.39. The number of rotatable bonds is 6. The van der Waals surface area contributed by atoms with Crippen molar-refractivity contribution in [1.82, 2.24) is 0 Å². The van der Waals surface area contributed by atoms with Crippen LogP contribution < -0.4 is 10.6 Å². The van der Waals surface area contributed by atoms with Gasteiger partial charge in [-0.3, -0.25) is 9.59 Å². The van der Waals surface area contributed by atoms with Gasteiger partial charge >= 0.3 is 5.97 Å². The summed E-state index contributed by atoms with van der Waals surface area (Å²) in [6, 6.07) is 14.0. The predicted molar refractivity (Wildman–Crippen MR) is 102 cm³/mol. The van der Waals surface area contributed by atoms with Crippen LogP contribution >= 0.6 is 0 Å². The summed E-state index contributed by atoms with van der Waals surface area (Å²) in [4.78, 5) is 36.2. The van der Waals surface area contributed by atoms with Crippen LogP contribution in [0.5, 0.6) is 0 Å².